The highest BCUT2D eigenvalue weighted by Gasteiger charge is 2.41. The minimum atomic E-state index is 0.540. The Bertz CT molecular complexity index is 540. The Morgan fingerprint density at radius 2 is 1.70 bits per heavy atom. The molecule has 0 atom stereocenters. The summed E-state index contributed by atoms with van der Waals surface area (Å²) in [5, 5.41) is 0. The van der Waals surface area contributed by atoms with Crippen molar-refractivity contribution in [3.63, 3.8) is 0 Å². The Kier molecular flexibility index (Phi) is 6.04. The van der Waals surface area contributed by atoms with Crippen LogP contribution in [0.4, 0.5) is 0 Å². The zero-order valence-corrected chi connectivity index (χ0v) is 15.4. The van der Waals surface area contributed by atoms with E-state index in [4.69, 9.17) is 4.99 Å². The molecule has 23 heavy (non-hydrogen) atoms. The molecule has 0 radical (unpaired) electrons. The smallest absolute Gasteiger partial charge is 0.101 e. The van der Waals surface area contributed by atoms with E-state index in [-0.39, 0.29) is 0 Å². The van der Waals surface area contributed by atoms with Gasteiger partial charge < -0.3 is 4.90 Å². The van der Waals surface area contributed by atoms with Crippen molar-refractivity contribution in [2.24, 2.45) is 10.4 Å². The number of hydrogen-bond donors (Lipinski definition) is 0. The molecule has 1 aliphatic heterocycles. The summed E-state index contributed by atoms with van der Waals surface area (Å²) in [5.41, 5.74) is 4.07. The molecule has 1 aliphatic rings. The SMILES string of the molecule is C=C(Cc1ccc(C)cc1)/N=C(\C)N1CC(CCC)(CCC)C1. The summed E-state index contributed by atoms with van der Waals surface area (Å²) in [6.45, 7) is 15.3. The van der Waals surface area contributed by atoms with Crippen LogP contribution in [0.5, 0.6) is 0 Å². The topological polar surface area (TPSA) is 15.6 Å². The molecular weight excluding hydrogens is 280 g/mol. The number of nitrogens with zero attached hydrogens (tertiary/aromatic N) is 2. The second-order valence-corrected chi connectivity index (χ2v) is 7.24. The Balaban J connectivity index is 1.90. The summed E-state index contributed by atoms with van der Waals surface area (Å²) in [5.74, 6) is 1.13. The lowest BCUT2D eigenvalue weighted by Gasteiger charge is -2.51. The zero-order valence-electron chi connectivity index (χ0n) is 15.4. The van der Waals surface area contributed by atoms with Gasteiger partial charge in [0.1, 0.15) is 5.84 Å². The molecule has 0 spiro atoms. The lowest BCUT2D eigenvalue weighted by molar-refractivity contribution is 0.0384. The largest absolute Gasteiger partial charge is 0.359 e. The molecule has 1 aromatic carbocycles. The molecule has 2 rings (SSSR count). The number of aryl methyl sites for hydroxylation is 1. The van der Waals surface area contributed by atoms with E-state index >= 15 is 0 Å². The van der Waals surface area contributed by atoms with Crippen LogP contribution in [0.1, 0.15) is 57.6 Å². The summed E-state index contributed by atoms with van der Waals surface area (Å²) in [7, 11) is 0. The normalized spacial score (nSPS) is 17.0. The van der Waals surface area contributed by atoms with Crippen LogP contribution in [0.15, 0.2) is 41.5 Å². The Hall–Kier alpha value is -1.57. The van der Waals surface area contributed by atoms with Gasteiger partial charge >= 0.3 is 0 Å². The Morgan fingerprint density at radius 3 is 2.22 bits per heavy atom. The van der Waals surface area contributed by atoms with E-state index in [9.17, 15) is 0 Å². The molecule has 1 aromatic rings. The van der Waals surface area contributed by atoms with Crippen LogP contribution in [0.2, 0.25) is 0 Å². The first-order valence-corrected chi connectivity index (χ1v) is 9.01. The average molecular weight is 313 g/mol. The molecule has 1 fully saturated rings. The summed E-state index contributed by atoms with van der Waals surface area (Å²) in [6, 6.07) is 8.64. The van der Waals surface area contributed by atoms with Crippen LogP contribution in [0.25, 0.3) is 0 Å². The fraction of sp³-hybridized carbons (Fsp3) is 0.571. The van der Waals surface area contributed by atoms with Crippen molar-refractivity contribution < 1.29 is 0 Å². The summed E-state index contributed by atoms with van der Waals surface area (Å²) in [6.07, 6.45) is 6.08. The van der Waals surface area contributed by atoms with Gasteiger partial charge in [-0.15, -0.1) is 0 Å². The fourth-order valence-corrected chi connectivity index (χ4v) is 3.77. The van der Waals surface area contributed by atoms with Crippen LogP contribution in [-0.2, 0) is 6.42 Å². The molecule has 0 N–H and O–H groups in total. The predicted molar refractivity (Wildman–Crippen MR) is 101 cm³/mol. The minimum absolute atomic E-state index is 0.540. The second kappa shape index (κ2) is 7.81. The van der Waals surface area contributed by atoms with Crippen LogP contribution in [-0.4, -0.2) is 23.8 Å². The van der Waals surface area contributed by atoms with E-state index in [0.717, 1.165) is 18.0 Å². The maximum atomic E-state index is 4.75. The lowest BCUT2D eigenvalue weighted by Crippen LogP contribution is -2.57. The minimum Gasteiger partial charge on any atom is -0.359 e. The number of benzene rings is 1. The van der Waals surface area contributed by atoms with E-state index in [1.54, 1.807) is 0 Å². The van der Waals surface area contributed by atoms with Gasteiger partial charge in [-0.1, -0.05) is 63.1 Å². The monoisotopic (exact) mass is 312 g/mol. The number of likely N-dealkylation sites (tertiary alicyclic amines) is 1. The number of amidine groups is 1. The molecule has 126 valence electrons. The Labute approximate surface area is 142 Å². The number of aliphatic imine (C=N–C) groups is 1. The first-order valence-electron chi connectivity index (χ1n) is 9.01. The van der Waals surface area contributed by atoms with Gasteiger partial charge in [-0.2, -0.15) is 0 Å². The maximum Gasteiger partial charge on any atom is 0.101 e. The first-order chi connectivity index (χ1) is 11.0. The zero-order chi connectivity index (χ0) is 16.9. The van der Waals surface area contributed by atoms with Crippen molar-refractivity contribution in [1.82, 2.24) is 4.90 Å². The van der Waals surface area contributed by atoms with Crippen LogP contribution >= 0.6 is 0 Å². The molecule has 0 aliphatic carbocycles. The molecule has 0 amide bonds. The van der Waals surface area contributed by atoms with Crippen molar-refractivity contribution in [2.75, 3.05) is 13.1 Å². The predicted octanol–water partition coefficient (Wildman–Crippen LogP) is 5.37. The molecule has 0 saturated carbocycles. The molecule has 0 bridgehead atoms. The van der Waals surface area contributed by atoms with Gasteiger partial charge in [0.05, 0.1) is 0 Å². The van der Waals surface area contributed by atoms with E-state index in [2.05, 4.69) is 63.4 Å². The highest BCUT2D eigenvalue weighted by atomic mass is 15.3. The van der Waals surface area contributed by atoms with Crippen molar-refractivity contribution in [3.05, 3.63) is 47.7 Å². The van der Waals surface area contributed by atoms with Crippen LogP contribution in [0, 0.1) is 12.3 Å². The van der Waals surface area contributed by atoms with Crippen molar-refractivity contribution >= 4 is 5.84 Å². The van der Waals surface area contributed by atoms with Crippen molar-refractivity contribution in [2.45, 2.75) is 59.8 Å². The molecule has 0 aromatic heterocycles. The molecule has 0 unspecified atom stereocenters. The van der Waals surface area contributed by atoms with E-state index < -0.39 is 0 Å². The van der Waals surface area contributed by atoms with Crippen molar-refractivity contribution in [1.29, 1.82) is 0 Å². The molecular formula is C21H32N2. The van der Waals surface area contributed by atoms with Crippen LogP contribution in [0.3, 0.4) is 0 Å². The van der Waals surface area contributed by atoms with Gasteiger partial charge in [0.25, 0.3) is 0 Å². The molecule has 2 heteroatoms. The third-order valence-electron chi connectivity index (χ3n) is 4.92. The maximum absolute atomic E-state index is 4.75. The van der Waals surface area contributed by atoms with Gasteiger partial charge in [-0.25, -0.2) is 4.99 Å². The third-order valence-corrected chi connectivity index (χ3v) is 4.92. The summed E-state index contributed by atoms with van der Waals surface area (Å²) < 4.78 is 0. The lowest BCUT2D eigenvalue weighted by atomic mass is 9.72. The van der Waals surface area contributed by atoms with Gasteiger partial charge in [0, 0.05) is 30.6 Å². The summed E-state index contributed by atoms with van der Waals surface area (Å²) in [4.78, 5) is 7.17. The van der Waals surface area contributed by atoms with E-state index in [1.165, 1.54) is 49.9 Å². The molecule has 2 nitrogen and oxygen atoms in total. The summed E-state index contributed by atoms with van der Waals surface area (Å²) >= 11 is 0. The number of hydrogen-bond acceptors (Lipinski definition) is 1. The number of allylic oxidation sites excluding steroid dienone is 1. The fourth-order valence-electron chi connectivity index (χ4n) is 3.77. The molecule has 1 heterocycles. The van der Waals surface area contributed by atoms with Gasteiger partial charge in [-0.05, 0) is 32.3 Å². The van der Waals surface area contributed by atoms with Gasteiger partial charge in [0.2, 0.25) is 0 Å². The average Bonchev–Trinajstić information content (AvgIpc) is 2.46. The van der Waals surface area contributed by atoms with E-state index in [0.29, 0.717) is 5.41 Å². The highest BCUT2D eigenvalue weighted by molar-refractivity contribution is 5.81. The van der Waals surface area contributed by atoms with Crippen molar-refractivity contribution in [3.8, 4) is 0 Å². The Morgan fingerprint density at radius 1 is 1.13 bits per heavy atom. The van der Waals surface area contributed by atoms with Gasteiger partial charge in [0.15, 0.2) is 0 Å². The molecule has 1 saturated heterocycles. The van der Waals surface area contributed by atoms with E-state index in [1.807, 2.05) is 0 Å². The second-order valence-electron chi connectivity index (χ2n) is 7.24. The standard InChI is InChI=1S/C21H32N2/c1-6-12-21(13-7-2)15-23(16-21)19(5)22-18(4)14-20-10-8-17(3)9-11-20/h8-11H,4,6-7,12-16H2,1-3,5H3/b22-19+. The third kappa shape index (κ3) is 4.70. The first kappa shape index (κ1) is 17.8. The van der Waals surface area contributed by atoms with Gasteiger partial charge in [-0.3, -0.25) is 0 Å². The number of rotatable bonds is 7. The quantitative estimate of drug-likeness (QED) is 0.488. The highest BCUT2D eigenvalue weighted by Crippen LogP contribution is 2.39. The van der Waals surface area contributed by atoms with Crippen LogP contribution < -0.4 is 0 Å².